The second-order valence-electron chi connectivity index (χ2n) is 21.6. The lowest BCUT2D eigenvalue weighted by molar-refractivity contribution is -0.352. The van der Waals surface area contributed by atoms with Crippen molar-refractivity contribution < 1.29 is 45.0 Å². The van der Waals surface area contributed by atoms with E-state index < -0.39 is 69.0 Å². The van der Waals surface area contributed by atoms with Gasteiger partial charge in [0.1, 0.15) is 18.0 Å². The quantitative estimate of drug-likeness (QED) is 0.0762. The summed E-state index contributed by atoms with van der Waals surface area (Å²) in [5.41, 5.74) is -5.74. The van der Waals surface area contributed by atoms with Crippen LogP contribution in [-0.2, 0) is 27.4 Å². The molecule has 61 heavy (non-hydrogen) atoms. The van der Waals surface area contributed by atoms with Crippen LogP contribution in [0.3, 0.4) is 0 Å². The van der Waals surface area contributed by atoms with Crippen molar-refractivity contribution in [2.24, 2.45) is 63.6 Å². The summed E-state index contributed by atoms with van der Waals surface area (Å²) in [6.07, 6.45) is 9.51. The van der Waals surface area contributed by atoms with Gasteiger partial charge in [-0.05, 0) is 136 Å². The summed E-state index contributed by atoms with van der Waals surface area (Å²) < 4.78 is 6.27. The van der Waals surface area contributed by atoms with E-state index in [1.54, 1.807) is 6.08 Å². The molecule has 1 heterocycles. The highest BCUT2D eigenvalue weighted by atomic mass is 16.5. The fourth-order valence-electron chi connectivity index (χ4n) is 16.9. The average Bonchev–Trinajstić information content (AvgIpc) is 3.69. The Morgan fingerprint density at radius 1 is 1.02 bits per heavy atom. The molecule has 0 aromatic heterocycles. The molecule has 1 aromatic carbocycles. The van der Waals surface area contributed by atoms with Gasteiger partial charge in [0.15, 0.2) is 0 Å². The highest BCUT2D eigenvalue weighted by Crippen LogP contribution is 2.81. The maximum atomic E-state index is 14.5. The third-order valence-electron chi connectivity index (χ3n) is 19.6. The van der Waals surface area contributed by atoms with Crippen LogP contribution in [0.25, 0.3) is 0 Å². The first-order valence-electron chi connectivity index (χ1n) is 23.9. The van der Waals surface area contributed by atoms with Crippen molar-refractivity contribution in [2.75, 3.05) is 13.7 Å². The molecule has 6 saturated carbocycles. The number of benzene rings is 1. The van der Waals surface area contributed by atoms with E-state index in [1.807, 2.05) is 25.2 Å². The molecule has 0 amide bonds. The minimum absolute atomic E-state index is 0.0760. The fraction of sp³-hybridized carbons (Fsp3) is 0.765. The van der Waals surface area contributed by atoms with E-state index in [9.17, 15) is 40.2 Å². The predicted octanol–water partition coefficient (Wildman–Crippen LogP) is 5.15. The van der Waals surface area contributed by atoms with Crippen LogP contribution in [0.1, 0.15) is 134 Å². The number of aliphatic hydroxyl groups is 6. The van der Waals surface area contributed by atoms with E-state index in [4.69, 9.17) is 4.74 Å². The minimum Gasteiger partial charge on any atom is -0.454 e. The van der Waals surface area contributed by atoms with Crippen LogP contribution in [0, 0.1) is 75.4 Å². The molecule has 7 N–H and O–H groups in total. The first-order chi connectivity index (χ1) is 29.2. The Bertz CT molecular complexity index is 1990. The van der Waals surface area contributed by atoms with Gasteiger partial charge in [-0.1, -0.05) is 64.0 Å². The Morgan fingerprint density at radius 2 is 1.82 bits per heavy atom. The third-order valence-corrected chi connectivity index (χ3v) is 19.6. The Labute approximate surface area is 362 Å². The smallest absolute Gasteiger partial charge is 0.331 e. The number of carbonyl (C=O) groups excluding carboxylic acids is 2. The van der Waals surface area contributed by atoms with Crippen molar-refractivity contribution in [1.29, 1.82) is 0 Å². The lowest BCUT2D eigenvalue weighted by Crippen LogP contribution is -2.82. The summed E-state index contributed by atoms with van der Waals surface area (Å²) in [6, 6.07) is 5.56. The monoisotopic (exact) mass is 842 g/mol. The van der Waals surface area contributed by atoms with E-state index in [-0.39, 0.29) is 68.1 Å². The molecule has 6 fully saturated rings. The van der Waals surface area contributed by atoms with Crippen molar-refractivity contribution in [2.45, 2.75) is 165 Å². The molecule has 10 nitrogen and oxygen atoms in total. The van der Waals surface area contributed by atoms with Gasteiger partial charge in [0.2, 0.25) is 0 Å². The van der Waals surface area contributed by atoms with Crippen molar-refractivity contribution in [3.8, 4) is 11.8 Å². The molecule has 8 aliphatic rings. The molecule has 334 valence electrons. The summed E-state index contributed by atoms with van der Waals surface area (Å²) in [7, 11) is 1.89. The molecule has 1 spiro atoms. The van der Waals surface area contributed by atoms with Gasteiger partial charge in [0, 0.05) is 52.7 Å². The molecule has 10 heteroatoms. The number of aliphatic hydroxyl groups excluding tert-OH is 3. The number of aldehydes is 1. The molecule has 0 radical (unpaired) electrons. The molecule has 9 rings (SSSR count). The molecular formula is C51H71NO9. The summed E-state index contributed by atoms with van der Waals surface area (Å²) in [5, 5.41) is 80.8. The van der Waals surface area contributed by atoms with Crippen LogP contribution in [0.4, 0.5) is 0 Å². The number of esters is 1. The zero-order valence-corrected chi connectivity index (χ0v) is 36.9. The van der Waals surface area contributed by atoms with Gasteiger partial charge in [-0.25, -0.2) is 4.79 Å². The summed E-state index contributed by atoms with van der Waals surface area (Å²) >= 11 is 0. The molecule has 16 atom stereocenters. The number of likely N-dealkylation sites (N-methyl/N-ethyl adjacent to an activating group) is 1. The Kier molecular flexibility index (Phi) is 11.1. The molecule has 0 saturated heterocycles. The normalized spacial score (nSPS) is 47.1. The fourth-order valence-corrected chi connectivity index (χ4v) is 16.9. The van der Waals surface area contributed by atoms with Crippen LogP contribution < -0.4 is 5.32 Å². The van der Waals surface area contributed by atoms with E-state index in [1.165, 1.54) is 0 Å². The van der Waals surface area contributed by atoms with E-state index in [0.717, 1.165) is 55.1 Å². The summed E-state index contributed by atoms with van der Waals surface area (Å²) in [4.78, 5) is 28.1. The Balaban J connectivity index is 1.25. The molecule has 4 bridgehead atoms. The summed E-state index contributed by atoms with van der Waals surface area (Å²) in [6.45, 7) is 6.03. The number of fused-ring (bicyclic) bond motifs is 7. The van der Waals surface area contributed by atoms with Crippen LogP contribution in [-0.4, -0.2) is 91.6 Å². The second kappa shape index (κ2) is 15.5. The van der Waals surface area contributed by atoms with Crippen LogP contribution in [0.15, 0.2) is 29.8 Å². The van der Waals surface area contributed by atoms with Gasteiger partial charge in [0.25, 0.3) is 0 Å². The Morgan fingerprint density at radius 3 is 2.52 bits per heavy atom. The molecule has 1 aromatic rings. The predicted molar refractivity (Wildman–Crippen MR) is 229 cm³/mol. The number of hydrogen-bond donors (Lipinski definition) is 7. The second-order valence-corrected chi connectivity index (χ2v) is 21.6. The first kappa shape index (κ1) is 43.6. The lowest BCUT2D eigenvalue weighted by atomic mass is 9.34. The summed E-state index contributed by atoms with van der Waals surface area (Å²) in [5.74, 6) is 4.10. The maximum Gasteiger partial charge on any atom is 0.331 e. The third kappa shape index (κ3) is 5.66. The van der Waals surface area contributed by atoms with Crippen LogP contribution in [0.5, 0.6) is 0 Å². The largest absolute Gasteiger partial charge is 0.454 e. The highest BCUT2D eigenvalue weighted by molar-refractivity contribution is 5.87. The average molecular weight is 842 g/mol. The van der Waals surface area contributed by atoms with Gasteiger partial charge in [-0.3, -0.25) is 0 Å². The van der Waals surface area contributed by atoms with E-state index in [2.05, 4.69) is 37.9 Å². The van der Waals surface area contributed by atoms with E-state index >= 15 is 0 Å². The first-order valence-corrected chi connectivity index (χ1v) is 23.9. The minimum atomic E-state index is -1.85. The molecule has 7 aliphatic carbocycles. The molecular weight excluding hydrogens is 771 g/mol. The lowest BCUT2D eigenvalue weighted by Gasteiger charge is -2.73. The van der Waals surface area contributed by atoms with Crippen molar-refractivity contribution in [3.05, 3.63) is 46.5 Å². The van der Waals surface area contributed by atoms with Crippen molar-refractivity contribution in [1.82, 2.24) is 5.32 Å². The van der Waals surface area contributed by atoms with E-state index in [0.29, 0.717) is 56.9 Å². The number of nitrogens with one attached hydrogen (secondary N) is 1. The Hall–Kier alpha value is -2.62. The zero-order chi connectivity index (χ0) is 43.3. The highest BCUT2D eigenvalue weighted by Gasteiger charge is 2.86. The van der Waals surface area contributed by atoms with Crippen molar-refractivity contribution >= 4 is 12.3 Å². The topological polar surface area (TPSA) is 177 Å². The van der Waals surface area contributed by atoms with Gasteiger partial charge >= 0.3 is 5.97 Å². The number of rotatable bonds is 9. The van der Waals surface area contributed by atoms with Crippen LogP contribution >= 0.6 is 0 Å². The SMILES string of the molecule is CCCCCC1CC2(C=O)C3CCC45CCC#Cc6cccc(CO)c6CC(NC)C6CC(CC4(O)C3(O)CC3CC(C(C)C)CCC(C1O)C32O)C5(CO)C1=CC(=O)OC16. The van der Waals surface area contributed by atoms with Gasteiger partial charge in [0.05, 0.1) is 35.9 Å². The van der Waals surface area contributed by atoms with Crippen molar-refractivity contribution in [3.63, 3.8) is 0 Å². The maximum absolute atomic E-state index is 14.5. The number of ether oxygens (including phenoxy) is 1. The number of carbonyl (C=O) groups is 2. The molecule has 1 aliphatic heterocycles. The zero-order valence-electron chi connectivity index (χ0n) is 36.9. The number of hydrogen-bond acceptors (Lipinski definition) is 10. The van der Waals surface area contributed by atoms with Crippen LogP contribution in [0.2, 0.25) is 0 Å². The van der Waals surface area contributed by atoms with Gasteiger partial charge < -0.3 is 45.5 Å². The van der Waals surface area contributed by atoms with Gasteiger partial charge in [-0.2, -0.15) is 0 Å². The number of unbranched alkanes of at least 4 members (excludes halogenated alkanes) is 2. The standard InChI is InChI=1S/C51H71NO9/c1-5-6-7-12-33-24-46(28-54)42-17-19-47-18-9-8-11-31-13-10-14-34(27-53)37(31)22-41(52-4)38-21-35(48(47,29-55)40-23-43(56)61-45(38)40)26-50(47,59)49(42,58)25-36-20-32(30(2)3)15-16-39(44(33)57)51(36,46)60/h10,13-14,23,28,30,32-33,35-36,38-39,41-42,44-45,52-53,55,57-60H,5-7,9,12,15-22,24-27,29H2,1-4H3. The van der Waals surface area contributed by atoms with Gasteiger partial charge in [-0.15, -0.1) is 0 Å². The molecule has 16 unspecified atom stereocenters.